The first-order valence-electron chi connectivity index (χ1n) is 6.68. The average Bonchev–Trinajstić information content (AvgIpc) is 2.29. The van der Waals surface area contributed by atoms with Gasteiger partial charge >= 0.3 is 0 Å². The maximum atomic E-state index is 10.0. The van der Waals surface area contributed by atoms with Gasteiger partial charge in [-0.25, -0.2) is 0 Å². The molecule has 1 N–H and O–H groups in total. The minimum absolute atomic E-state index is 0.418. The summed E-state index contributed by atoms with van der Waals surface area (Å²) in [5.41, 5.74) is 3.52. The lowest BCUT2D eigenvalue weighted by Gasteiger charge is -2.12. The van der Waals surface area contributed by atoms with E-state index in [0.717, 1.165) is 24.8 Å². The molecule has 1 aromatic carbocycles. The second-order valence-electron chi connectivity index (χ2n) is 4.59. The summed E-state index contributed by atoms with van der Waals surface area (Å²) in [4.78, 5) is 0. The molecule has 0 unspecified atom stereocenters. The molecular formula is C16H24O. The van der Waals surface area contributed by atoms with Gasteiger partial charge in [0.15, 0.2) is 0 Å². The first-order valence-corrected chi connectivity index (χ1v) is 6.68. The van der Waals surface area contributed by atoms with Crippen LogP contribution in [-0.2, 0) is 0 Å². The fourth-order valence-electron chi connectivity index (χ4n) is 2.15. The molecule has 0 amide bonds. The number of allylic oxidation sites excluding steroid dienone is 2. The van der Waals surface area contributed by atoms with Gasteiger partial charge in [-0.15, -0.1) is 0 Å². The van der Waals surface area contributed by atoms with Crippen molar-refractivity contribution < 1.29 is 5.11 Å². The highest BCUT2D eigenvalue weighted by molar-refractivity contribution is 5.72. The molecule has 1 aromatic rings. The number of hydrogen-bond donors (Lipinski definition) is 1. The van der Waals surface area contributed by atoms with Gasteiger partial charge in [-0.05, 0) is 37.0 Å². The predicted molar refractivity (Wildman–Crippen MR) is 75.3 cm³/mol. The summed E-state index contributed by atoms with van der Waals surface area (Å²) in [6.45, 7) is 6.46. The Labute approximate surface area is 105 Å². The molecule has 0 saturated carbocycles. The molecule has 1 heteroatoms. The van der Waals surface area contributed by atoms with Crippen molar-refractivity contribution in [2.75, 3.05) is 0 Å². The molecule has 1 rings (SSSR count). The Bertz CT molecular complexity index is 357. The lowest BCUT2D eigenvalue weighted by atomic mass is 9.95. The van der Waals surface area contributed by atoms with E-state index in [1.807, 2.05) is 6.07 Å². The second-order valence-corrected chi connectivity index (χ2v) is 4.59. The first-order chi connectivity index (χ1) is 8.20. The number of aryl methyl sites for hydroxylation is 1. The van der Waals surface area contributed by atoms with Crippen LogP contribution in [0.15, 0.2) is 24.3 Å². The number of phenolic OH excluding ortho intramolecular Hbond substituents is 1. The van der Waals surface area contributed by atoms with Gasteiger partial charge < -0.3 is 5.11 Å². The van der Waals surface area contributed by atoms with Crippen LogP contribution >= 0.6 is 0 Å². The van der Waals surface area contributed by atoms with Crippen LogP contribution in [0.3, 0.4) is 0 Å². The molecule has 0 aromatic heterocycles. The lowest BCUT2D eigenvalue weighted by Crippen LogP contribution is -1.90. The van der Waals surface area contributed by atoms with Crippen molar-refractivity contribution in [3.8, 4) is 5.75 Å². The average molecular weight is 232 g/mol. The number of unbranched alkanes of at least 4 members (excludes halogenated alkanes) is 2. The van der Waals surface area contributed by atoms with Crippen LogP contribution in [-0.4, -0.2) is 5.11 Å². The van der Waals surface area contributed by atoms with Gasteiger partial charge in [-0.3, -0.25) is 0 Å². The number of rotatable bonds is 6. The van der Waals surface area contributed by atoms with Gasteiger partial charge in [0.1, 0.15) is 5.75 Å². The van der Waals surface area contributed by atoms with Gasteiger partial charge in [0.2, 0.25) is 0 Å². The molecule has 0 aliphatic heterocycles. The molecule has 0 aliphatic carbocycles. The highest BCUT2D eigenvalue weighted by Gasteiger charge is 2.09. The van der Waals surface area contributed by atoms with E-state index >= 15 is 0 Å². The number of hydrogen-bond acceptors (Lipinski definition) is 1. The van der Waals surface area contributed by atoms with Crippen molar-refractivity contribution in [3.05, 3.63) is 35.4 Å². The molecule has 0 radical (unpaired) electrons. The maximum Gasteiger partial charge on any atom is 0.123 e. The van der Waals surface area contributed by atoms with Gasteiger partial charge in [0.25, 0.3) is 0 Å². The van der Waals surface area contributed by atoms with Crippen LogP contribution in [0.5, 0.6) is 5.75 Å². The molecule has 94 valence electrons. The van der Waals surface area contributed by atoms with Gasteiger partial charge in [-0.2, -0.15) is 0 Å². The van der Waals surface area contributed by atoms with Crippen molar-refractivity contribution in [2.45, 2.75) is 52.9 Å². The normalized spacial score (nSPS) is 11.8. The zero-order valence-corrected chi connectivity index (χ0v) is 11.3. The largest absolute Gasteiger partial charge is 0.507 e. The van der Waals surface area contributed by atoms with Crippen molar-refractivity contribution in [1.29, 1.82) is 0 Å². The summed E-state index contributed by atoms with van der Waals surface area (Å²) in [7, 11) is 0. The number of phenols is 1. The fraction of sp³-hybridized carbons (Fsp3) is 0.500. The van der Waals surface area contributed by atoms with Crippen LogP contribution in [0.4, 0.5) is 0 Å². The monoisotopic (exact) mass is 232 g/mol. The first kappa shape index (κ1) is 13.8. The molecule has 0 aliphatic rings. The molecule has 17 heavy (non-hydrogen) atoms. The van der Waals surface area contributed by atoms with Crippen molar-refractivity contribution in [1.82, 2.24) is 0 Å². The summed E-state index contributed by atoms with van der Waals surface area (Å²) in [6.07, 6.45) is 8.01. The Morgan fingerprint density at radius 3 is 2.59 bits per heavy atom. The standard InChI is InChI=1S/C16H24O/c1-4-6-7-11-14(9-5-2)16-13(3)10-8-12-15(16)17/h8,10-12,17H,4-7,9H2,1-3H3/b14-11-. The second kappa shape index (κ2) is 7.16. The Morgan fingerprint density at radius 2 is 2.00 bits per heavy atom. The van der Waals surface area contributed by atoms with E-state index in [1.54, 1.807) is 6.07 Å². The fourth-order valence-corrected chi connectivity index (χ4v) is 2.15. The van der Waals surface area contributed by atoms with Crippen LogP contribution in [0.2, 0.25) is 0 Å². The molecule has 1 nitrogen and oxygen atoms in total. The summed E-state index contributed by atoms with van der Waals surface area (Å²) in [5, 5.41) is 10.0. The van der Waals surface area contributed by atoms with E-state index in [-0.39, 0.29) is 0 Å². The van der Waals surface area contributed by atoms with Crippen molar-refractivity contribution in [3.63, 3.8) is 0 Å². The highest BCUT2D eigenvalue weighted by Crippen LogP contribution is 2.31. The summed E-state index contributed by atoms with van der Waals surface area (Å²) < 4.78 is 0. The van der Waals surface area contributed by atoms with E-state index in [9.17, 15) is 5.11 Å². The summed E-state index contributed by atoms with van der Waals surface area (Å²) in [6, 6.07) is 5.76. The minimum atomic E-state index is 0.418. The SMILES string of the molecule is CCCC/C=C(/CCC)c1c(C)cccc1O. The molecular weight excluding hydrogens is 208 g/mol. The zero-order valence-electron chi connectivity index (χ0n) is 11.3. The van der Waals surface area contributed by atoms with E-state index in [0.29, 0.717) is 5.75 Å². The molecule has 0 heterocycles. The molecule has 0 spiro atoms. The van der Waals surface area contributed by atoms with Gasteiger partial charge in [-0.1, -0.05) is 51.3 Å². The Balaban J connectivity index is 3.00. The molecule has 0 fully saturated rings. The number of benzene rings is 1. The Kier molecular flexibility index (Phi) is 5.82. The maximum absolute atomic E-state index is 10.0. The third kappa shape index (κ3) is 3.92. The highest BCUT2D eigenvalue weighted by atomic mass is 16.3. The lowest BCUT2D eigenvalue weighted by molar-refractivity contribution is 0.472. The third-order valence-electron chi connectivity index (χ3n) is 3.04. The quantitative estimate of drug-likeness (QED) is 0.678. The van der Waals surface area contributed by atoms with E-state index in [4.69, 9.17) is 0 Å². The molecule has 0 bridgehead atoms. The Morgan fingerprint density at radius 1 is 1.24 bits per heavy atom. The van der Waals surface area contributed by atoms with E-state index in [2.05, 4.69) is 32.9 Å². The van der Waals surface area contributed by atoms with Crippen molar-refractivity contribution >= 4 is 5.57 Å². The van der Waals surface area contributed by atoms with Gasteiger partial charge in [0, 0.05) is 5.56 Å². The van der Waals surface area contributed by atoms with E-state index < -0.39 is 0 Å². The summed E-state index contributed by atoms with van der Waals surface area (Å²) >= 11 is 0. The molecule has 0 saturated heterocycles. The van der Waals surface area contributed by atoms with Crippen LogP contribution in [0.25, 0.3) is 5.57 Å². The topological polar surface area (TPSA) is 20.2 Å². The Hall–Kier alpha value is -1.24. The van der Waals surface area contributed by atoms with Crippen LogP contribution < -0.4 is 0 Å². The zero-order chi connectivity index (χ0) is 12.7. The third-order valence-corrected chi connectivity index (χ3v) is 3.04. The minimum Gasteiger partial charge on any atom is -0.507 e. The van der Waals surface area contributed by atoms with Crippen LogP contribution in [0.1, 0.15) is 57.1 Å². The van der Waals surface area contributed by atoms with Crippen molar-refractivity contribution in [2.24, 2.45) is 0 Å². The van der Waals surface area contributed by atoms with Crippen LogP contribution in [0, 0.1) is 6.92 Å². The predicted octanol–water partition coefficient (Wildman–Crippen LogP) is 5.07. The summed E-state index contributed by atoms with van der Waals surface area (Å²) in [5.74, 6) is 0.418. The molecule has 0 atom stereocenters. The number of aromatic hydroxyl groups is 1. The van der Waals surface area contributed by atoms with Gasteiger partial charge in [0.05, 0.1) is 0 Å². The van der Waals surface area contributed by atoms with E-state index in [1.165, 1.54) is 24.0 Å². The smallest absolute Gasteiger partial charge is 0.123 e.